The van der Waals surface area contributed by atoms with Crippen molar-refractivity contribution in [3.8, 4) is 0 Å². The van der Waals surface area contributed by atoms with Gasteiger partial charge < -0.3 is 20.5 Å². The van der Waals surface area contributed by atoms with E-state index in [1.54, 1.807) is 0 Å². The Balaban J connectivity index is 2.39. The predicted octanol–water partition coefficient (Wildman–Crippen LogP) is 2.29. The Morgan fingerprint density at radius 2 is 2.04 bits per heavy atom. The van der Waals surface area contributed by atoms with Crippen LogP contribution in [-0.4, -0.2) is 36.9 Å². The topological polar surface area (TPSA) is 70.6 Å². The van der Waals surface area contributed by atoms with E-state index in [2.05, 4.69) is 10.6 Å². The summed E-state index contributed by atoms with van der Waals surface area (Å²) < 4.78 is 31.9. The highest BCUT2D eigenvalue weighted by Crippen LogP contribution is 2.23. The van der Waals surface area contributed by atoms with E-state index in [0.29, 0.717) is 25.6 Å². The van der Waals surface area contributed by atoms with Crippen LogP contribution >= 0.6 is 0 Å². The van der Waals surface area contributed by atoms with Gasteiger partial charge in [-0.2, -0.15) is 0 Å². The number of benzene rings is 1. The lowest BCUT2D eigenvalue weighted by Gasteiger charge is -2.24. The molecule has 0 saturated carbocycles. The van der Waals surface area contributed by atoms with Gasteiger partial charge in [0.1, 0.15) is 17.2 Å². The maximum atomic E-state index is 13.7. The summed E-state index contributed by atoms with van der Waals surface area (Å²) in [6.07, 6.45) is 0.804. The molecule has 23 heavy (non-hydrogen) atoms. The number of aliphatic hydroxyl groups is 1. The van der Waals surface area contributed by atoms with E-state index in [0.717, 1.165) is 12.1 Å². The Hall–Kier alpha value is -1.73. The molecular formula is C16H24F2N2O3. The lowest BCUT2D eigenvalue weighted by Crippen LogP contribution is -2.44. The van der Waals surface area contributed by atoms with Gasteiger partial charge in [-0.15, -0.1) is 0 Å². The van der Waals surface area contributed by atoms with Gasteiger partial charge in [-0.3, -0.25) is 0 Å². The fraction of sp³-hybridized carbons (Fsp3) is 0.562. The molecule has 1 aromatic carbocycles. The zero-order chi connectivity index (χ0) is 17.5. The van der Waals surface area contributed by atoms with Gasteiger partial charge in [-0.1, -0.05) is 6.07 Å². The van der Waals surface area contributed by atoms with Crippen molar-refractivity contribution in [1.29, 1.82) is 0 Å². The van der Waals surface area contributed by atoms with Gasteiger partial charge in [0.05, 0.1) is 12.6 Å². The van der Waals surface area contributed by atoms with Gasteiger partial charge >= 0.3 is 6.03 Å². The monoisotopic (exact) mass is 330 g/mol. The third-order valence-electron chi connectivity index (χ3n) is 3.16. The first-order chi connectivity index (χ1) is 10.7. The number of halogens is 2. The van der Waals surface area contributed by atoms with Gasteiger partial charge in [0, 0.05) is 24.8 Å². The first-order valence-electron chi connectivity index (χ1n) is 7.53. The van der Waals surface area contributed by atoms with Crippen molar-refractivity contribution in [2.45, 2.75) is 38.9 Å². The molecule has 5 nitrogen and oxygen atoms in total. The molecule has 0 aliphatic rings. The van der Waals surface area contributed by atoms with Crippen molar-refractivity contribution in [2.75, 3.05) is 19.7 Å². The number of urea groups is 1. The summed E-state index contributed by atoms with van der Waals surface area (Å²) in [5.74, 6) is -1.58. The second-order valence-electron chi connectivity index (χ2n) is 5.78. The predicted molar refractivity (Wildman–Crippen MR) is 83.0 cm³/mol. The number of rotatable bonds is 8. The smallest absolute Gasteiger partial charge is 0.314 e. The third kappa shape index (κ3) is 6.92. The van der Waals surface area contributed by atoms with E-state index in [-0.39, 0.29) is 18.2 Å². The molecule has 0 bridgehead atoms. The van der Waals surface area contributed by atoms with E-state index in [9.17, 15) is 18.7 Å². The SMILES string of the molecule is CC(C)OCCCNC(=O)NC[C@](C)(O)c1ccc(F)cc1F. The van der Waals surface area contributed by atoms with E-state index >= 15 is 0 Å². The molecule has 0 radical (unpaired) electrons. The molecule has 0 unspecified atom stereocenters. The van der Waals surface area contributed by atoms with Crippen molar-refractivity contribution in [3.05, 3.63) is 35.4 Å². The van der Waals surface area contributed by atoms with Crippen molar-refractivity contribution < 1.29 is 23.4 Å². The van der Waals surface area contributed by atoms with E-state index < -0.39 is 23.3 Å². The second-order valence-corrected chi connectivity index (χ2v) is 5.78. The van der Waals surface area contributed by atoms with Gasteiger partial charge in [0.25, 0.3) is 0 Å². The van der Waals surface area contributed by atoms with E-state index in [1.165, 1.54) is 6.92 Å². The van der Waals surface area contributed by atoms with Gasteiger partial charge in [0.15, 0.2) is 0 Å². The number of amides is 2. The summed E-state index contributed by atoms with van der Waals surface area (Å²) in [6, 6.07) is 2.44. The standard InChI is InChI=1S/C16H24F2N2O3/c1-11(2)23-8-4-7-19-15(21)20-10-16(3,22)13-6-5-12(17)9-14(13)18/h5-6,9,11,22H,4,7-8,10H2,1-3H3,(H2,19,20,21)/t16-/m0/s1. The average molecular weight is 330 g/mol. The van der Waals surface area contributed by atoms with Crippen molar-refractivity contribution in [2.24, 2.45) is 0 Å². The molecule has 1 atom stereocenters. The van der Waals surface area contributed by atoms with Crippen molar-refractivity contribution >= 4 is 6.03 Å². The Labute approximate surface area is 135 Å². The second kappa shape index (κ2) is 8.79. The largest absolute Gasteiger partial charge is 0.383 e. The molecule has 0 aromatic heterocycles. The summed E-state index contributed by atoms with van der Waals surface area (Å²) in [6.45, 7) is 5.96. The van der Waals surface area contributed by atoms with Crippen LogP contribution in [0.25, 0.3) is 0 Å². The van der Waals surface area contributed by atoms with Gasteiger partial charge in [-0.25, -0.2) is 13.6 Å². The molecule has 1 rings (SSSR count). The number of carbonyl (C=O) groups is 1. The fourth-order valence-electron chi connectivity index (χ4n) is 1.93. The van der Waals surface area contributed by atoms with Crippen LogP contribution in [0.2, 0.25) is 0 Å². The summed E-state index contributed by atoms with van der Waals surface area (Å²) >= 11 is 0. The highest BCUT2D eigenvalue weighted by molar-refractivity contribution is 5.73. The van der Waals surface area contributed by atoms with Crippen LogP contribution < -0.4 is 10.6 Å². The molecule has 0 fully saturated rings. The highest BCUT2D eigenvalue weighted by Gasteiger charge is 2.27. The molecule has 2 amide bonds. The van der Waals surface area contributed by atoms with Gasteiger partial charge in [0.2, 0.25) is 0 Å². The molecular weight excluding hydrogens is 306 g/mol. The minimum absolute atomic E-state index is 0.0791. The van der Waals surface area contributed by atoms with Crippen LogP contribution in [0.5, 0.6) is 0 Å². The van der Waals surface area contributed by atoms with Crippen LogP contribution in [0.3, 0.4) is 0 Å². The molecule has 7 heteroatoms. The highest BCUT2D eigenvalue weighted by atomic mass is 19.1. The van der Waals surface area contributed by atoms with Crippen LogP contribution in [0.1, 0.15) is 32.8 Å². The maximum absolute atomic E-state index is 13.7. The minimum Gasteiger partial charge on any atom is -0.383 e. The van der Waals surface area contributed by atoms with Crippen LogP contribution in [0, 0.1) is 11.6 Å². The average Bonchev–Trinajstić information content (AvgIpc) is 2.44. The van der Waals surface area contributed by atoms with Gasteiger partial charge in [-0.05, 0) is 33.3 Å². The lowest BCUT2D eigenvalue weighted by molar-refractivity contribution is 0.0553. The lowest BCUT2D eigenvalue weighted by atomic mass is 9.95. The summed E-state index contributed by atoms with van der Waals surface area (Å²) in [5, 5.41) is 15.3. The fourth-order valence-corrected chi connectivity index (χ4v) is 1.93. The van der Waals surface area contributed by atoms with E-state index in [4.69, 9.17) is 4.74 Å². The molecule has 3 N–H and O–H groups in total. The molecule has 0 aliphatic heterocycles. The first kappa shape index (κ1) is 19.3. The first-order valence-corrected chi connectivity index (χ1v) is 7.53. The third-order valence-corrected chi connectivity index (χ3v) is 3.16. The van der Waals surface area contributed by atoms with Crippen LogP contribution in [-0.2, 0) is 10.3 Å². The number of carbonyl (C=O) groups excluding carboxylic acids is 1. The minimum atomic E-state index is -1.64. The normalized spacial score (nSPS) is 13.7. The molecule has 0 saturated heterocycles. The number of ether oxygens (including phenoxy) is 1. The molecule has 0 aliphatic carbocycles. The van der Waals surface area contributed by atoms with Crippen molar-refractivity contribution in [3.63, 3.8) is 0 Å². The maximum Gasteiger partial charge on any atom is 0.314 e. The molecule has 130 valence electrons. The molecule has 0 spiro atoms. The Morgan fingerprint density at radius 3 is 2.65 bits per heavy atom. The Morgan fingerprint density at radius 1 is 1.35 bits per heavy atom. The van der Waals surface area contributed by atoms with E-state index in [1.807, 2.05) is 13.8 Å². The summed E-state index contributed by atoms with van der Waals surface area (Å²) in [5.41, 5.74) is -1.72. The number of nitrogens with one attached hydrogen (secondary N) is 2. The quantitative estimate of drug-likeness (QED) is 0.641. The van der Waals surface area contributed by atoms with Crippen molar-refractivity contribution in [1.82, 2.24) is 10.6 Å². The van der Waals surface area contributed by atoms with Crippen LogP contribution in [0.15, 0.2) is 18.2 Å². The molecule has 1 aromatic rings. The van der Waals surface area contributed by atoms with Crippen LogP contribution in [0.4, 0.5) is 13.6 Å². The summed E-state index contributed by atoms with van der Waals surface area (Å²) in [4.78, 5) is 11.6. The molecule has 0 heterocycles. The zero-order valence-electron chi connectivity index (χ0n) is 13.7. The Kier molecular flexibility index (Phi) is 7.38. The Bertz CT molecular complexity index is 522. The number of hydrogen-bond donors (Lipinski definition) is 3. The summed E-state index contributed by atoms with van der Waals surface area (Å²) in [7, 11) is 0. The zero-order valence-corrected chi connectivity index (χ0v) is 13.7. The number of hydrogen-bond acceptors (Lipinski definition) is 3.